The van der Waals surface area contributed by atoms with E-state index in [-0.39, 0.29) is 23.4 Å². The van der Waals surface area contributed by atoms with Gasteiger partial charge in [0.15, 0.2) is 15.6 Å². The van der Waals surface area contributed by atoms with Gasteiger partial charge < -0.3 is 4.42 Å². The average Bonchev–Trinajstić information content (AvgIpc) is 3.35. The lowest BCUT2D eigenvalue weighted by atomic mass is 9.86. The third-order valence-electron chi connectivity index (χ3n) is 6.21. The van der Waals surface area contributed by atoms with Gasteiger partial charge in [0.2, 0.25) is 5.71 Å². The molecular formula is C24H19FN4O3S. The molecule has 1 aliphatic carbocycles. The summed E-state index contributed by atoms with van der Waals surface area (Å²) >= 11 is 0. The molecule has 9 heteroatoms. The van der Waals surface area contributed by atoms with Crippen molar-refractivity contribution in [2.45, 2.75) is 25.3 Å². The first-order valence-electron chi connectivity index (χ1n) is 10.8. The molecule has 4 heterocycles. The fraction of sp³-hybridized carbons (Fsp3) is 0.292. The van der Waals surface area contributed by atoms with Crippen molar-refractivity contribution in [2.24, 2.45) is 5.92 Å². The van der Waals surface area contributed by atoms with Crippen molar-refractivity contribution in [2.75, 3.05) is 11.5 Å². The highest BCUT2D eigenvalue weighted by Gasteiger charge is 2.36. The summed E-state index contributed by atoms with van der Waals surface area (Å²) in [5, 5.41) is 5.37. The van der Waals surface area contributed by atoms with E-state index in [1.807, 2.05) is 6.07 Å². The van der Waals surface area contributed by atoms with E-state index >= 15 is 0 Å². The zero-order valence-corrected chi connectivity index (χ0v) is 18.3. The fourth-order valence-electron chi connectivity index (χ4n) is 4.12. The van der Waals surface area contributed by atoms with Crippen LogP contribution in [0.3, 0.4) is 0 Å². The molecule has 2 aliphatic rings. The Morgan fingerprint density at radius 2 is 1.88 bits per heavy atom. The van der Waals surface area contributed by atoms with E-state index in [1.54, 1.807) is 23.0 Å². The van der Waals surface area contributed by atoms with Crippen LogP contribution in [0.1, 0.15) is 31.1 Å². The van der Waals surface area contributed by atoms with E-state index in [0.29, 0.717) is 45.3 Å². The molecule has 3 aromatic heterocycles. The number of hydrogen-bond acceptors (Lipinski definition) is 6. The molecule has 0 bridgehead atoms. The molecule has 166 valence electrons. The molecule has 0 spiro atoms. The van der Waals surface area contributed by atoms with Gasteiger partial charge in [0.05, 0.1) is 28.6 Å². The molecule has 0 atom stereocenters. The Kier molecular flexibility index (Phi) is 4.59. The second-order valence-corrected chi connectivity index (χ2v) is 10.7. The van der Waals surface area contributed by atoms with Gasteiger partial charge in [-0.05, 0) is 43.0 Å². The van der Waals surface area contributed by atoms with Crippen LogP contribution >= 0.6 is 0 Å². The van der Waals surface area contributed by atoms with Gasteiger partial charge >= 0.3 is 0 Å². The standard InChI is InChI=1S/C24H19FN4O3S/c25-17-7-5-16(6-8-17)22-21(11-29(28-22)18-12-33(30,31)13-18)23-20-10-19(9-4-15-2-1-3-15)32-24(20)27-14-26-23/h5-8,10-11,14-15,18H,1-3,12-13H2. The molecule has 2 fully saturated rings. The summed E-state index contributed by atoms with van der Waals surface area (Å²) in [6, 6.07) is 7.61. The summed E-state index contributed by atoms with van der Waals surface area (Å²) in [5.41, 5.74) is 3.00. The van der Waals surface area contributed by atoms with E-state index in [4.69, 9.17) is 4.42 Å². The highest BCUT2D eigenvalue weighted by molar-refractivity contribution is 7.92. The Bertz CT molecular complexity index is 1530. The maximum atomic E-state index is 13.5. The number of furan rings is 1. The second-order valence-electron chi connectivity index (χ2n) is 8.56. The van der Waals surface area contributed by atoms with Gasteiger partial charge in [-0.2, -0.15) is 5.10 Å². The van der Waals surface area contributed by atoms with Crippen LogP contribution in [0.15, 0.2) is 47.3 Å². The van der Waals surface area contributed by atoms with Gasteiger partial charge in [0.1, 0.15) is 17.8 Å². The summed E-state index contributed by atoms with van der Waals surface area (Å²) in [7, 11) is -3.03. The molecular weight excluding hydrogens is 443 g/mol. The predicted molar refractivity (Wildman–Crippen MR) is 120 cm³/mol. The van der Waals surface area contributed by atoms with Crippen LogP contribution in [0.4, 0.5) is 4.39 Å². The van der Waals surface area contributed by atoms with Gasteiger partial charge in [-0.1, -0.05) is 12.3 Å². The molecule has 0 radical (unpaired) electrons. The number of halogens is 1. The highest BCUT2D eigenvalue weighted by atomic mass is 32.2. The maximum absolute atomic E-state index is 13.5. The van der Waals surface area contributed by atoms with Gasteiger partial charge in [0.25, 0.3) is 0 Å². The van der Waals surface area contributed by atoms with Gasteiger partial charge in [-0.15, -0.1) is 0 Å². The molecule has 1 saturated heterocycles. The monoisotopic (exact) mass is 462 g/mol. The second kappa shape index (κ2) is 7.52. The SMILES string of the molecule is O=S1(=O)CC(n2cc(-c3ncnc4oc(C#CC5CCC5)cc34)c(-c3ccc(F)cc3)n2)C1. The normalized spacial score (nSPS) is 17.8. The molecule has 0 unspecified atom stereocenters. The summed E-state index contributed by atoms with van der Waals surface area (Å²) in [5.74, 6) is 7.03. The summed E-state index contributed by atoms with van der Waals surface area (Å²) < 4.78 is 44.5. The summed E-state index contributed by atoms with van der Waals surface area (Å²) in [6.07, 6.45) is 6.68. The number of aromatic nitrogens is 4. The van der Waals surface area contributed by atoms with Crippen molar-refractivity contribution in [1.82, 2.24) is 19.7 Å². The topological polar surface area (TPSA) is 90.9 Å². The van der Waals surface area contributed by atoms with E-state index in [9.17, 15) is 12.8 Å². The van der Waals surface area contributed by atoms with Crippen molar-refractivity contribution in [3.05, 3.63) is 54.4 Å². The molecule has 6 rings (SSSR count). The molecule has 1 saturated carbocycles. The molecule has 0 N–H and O–H groups in total. The van der Waals surface area contributed by atoms with Crippen molar-refractivity contribution in [3.63, 3.8) is 0 Å². The van der Waals surface area contributed by atoms with Crippen LogP contribution in [0, 0.1) is 23.6 Å². The lowest BCUT2D eigenvalue weighted by molar-refractivity contribution is 0.401. The van der Waals surface area contributed by atoms with Gasteiger partial charge in [-0.3, -0.25) is 4.68 Å². The number of hydrogen-bond donors (Lipinski definition) is 0. The zero-order valence-electron chi connectivity index (χ0n) is 17.5. The average molecular weight is 463 g/mol. The number of fused-ring (bicyclic) bond motifs is 1. The lowest BCUT2D eigenvalue weighted by Crippen LogP contribution is -2.38. The number of sulfone groups is 1. The Morgan fingerprint density at radius 3 is 2.58 bits per heavy atom. The molecule has 4 aromatic rings. The Labute approximate surface area is 189 Å². The first-order chi connectivity index (χ1) is 15.9. The molecule has 1 aliphatic heterocycles. The number of benzene rings is 1. The van der Waals surface area contributed by atoms with Crippen LogP contribution in [-0.4, -0.2) is 39.7 Å². The van der Waals surface area contributed by atoms with Crippen LogP contribution in [0.5, 0.6) is 0 Å². The van der Waals surface area contributed by atoms with E-state index in [2.05, 4.69) is 26.9 Å². The van der Waals surface area contributed by atoms with Crippen molar-refractivity contribution >= 4 is 20.9 Å². The van der Waals surface area contributed by atoms with Crippen LogP contribution in [-0.2, 0) is 9.84 Å². The minimum absolute atomic E-state index is 0.0444. The summed E-state index contributed by atoms with van der Waals surface area (Å²) in [6.45, 7) is 0. The Hall–Kier alpha value is -3.51. The van der Waals surface area contributed by atoms with Crippen LogP contribution < -0.4 is 0 Å². The molecule has 7 nitrogen and oxygen atoms in total. The van der Waals surface area contributed by atoms with Crippen LogP contribution in [0.25, 0.3) is 33.6 Å². The largest absolute Gasteiger partial charge is 0.429 e. The molecule has 0 amide bonds. The maximum Gasteiger partial charge on any atom is 0.231 e. The number of nitrogens with zero attached hydrogens (tertiary/aromatic N) is 4. The van der Waals surface area contributed by atoms with Crippen molar-refractivity contribution < 1.29 is 17.2 Å². The fourth-order valence-corrected chi connectivity index (χ4v) is 5.50. The van der Waals surface area contributed by atoms with E-state index < -0.39 is 9.84 Å². The van der Waals surface area contributed by atoms with Crippen LogP contribution in [0.2, 0.25) is 0 Å². The molecule has 1 aromatic carbocycles. The summed E-state index contributed by atoms with van der Waals surface area (Å²) in [4.78, 5) is 8.75. The third-order valence-corrected chi connectivity index (χ3v) is 7.99. The molecule has 33 heavy (non-hydrogen) atoms. The third kappa shape index (κ3) is 3.70. The minimum Gasteiger partial charge on any atom is -0.429 e. The van der Waals surface area contributed by atoms with E-state index in [0.717, 1.165) is 12.8 Å². The smallest absolute Gasteiger partial charge is 0.231 e. The Balaban J connectivity index is 1.47. The quantitative estimate of drug-likeness (QED) is 0.427. The predicted octanol–water partition coefficient (Wildman–Crippen LogP) is 4.01. The zero-order chi connectivity index (χ0) is 22.6. The van der Waals surface area contributed by atoms with Crippen molar-refractivity contribution in [1.29, 1.82) is 0 Å². The van der Waals surface area contributed by atoms with Gasteiger partial charge in [0, 0.05) is 29.3 Å². The van der Waals surface area contributed by atoms with Gasteiger partial charge in [-0.25, -0.2) is 22.8 Å². The Morgan fingerprint density at radius 1 is 1.09 bits per heavy atom. The number of rotatable bonds is 3. The van der Waals surface area contributed by atoms with Crippen molar-refractivity contribution in [3.8, 4) is 34.4 Å². The highest BCUT2D eigenvalue weighted by Crippen LogP contribution is 2.36. The first kappa shape index (κ1) is 20.1. The lowest BCUT2D eigenvalue weighted by Gasteiger charge is -2.25. The first-order valence-corrected chi connectivity index (χ1v) is 12.6. The minimum atomic E-state index is -3.03. The van der Waals surface area contributed by atoms with E-state index in [1.165, 1.54) is 24.9 Å².